The van der Waals surface area contributed by atoms with Crippen molar-refractivity contribution in [2.45, 2.75) is 26.2 Å². The topological polar surface area (TPSA) is 54.7 Å². The molecule has 0 bridgehead atoms. The zero-order valence-corrected chi connectivity index (χ0v) is 7.09. The van der Waals surface area contributed by atoms with Gasteiger partial charge in [-0.15, -0.1) is 0 Å². The number of hydrogen-bond acceptors (Lipinski definition) is 2. The van der Waals surface area contributed by atoms with Gasteiger partial charge in [0.2, 0.25) is 0 Å². The minimum absolute atomic E-state index is 0.498. The average molecular weight is 153 g/mol. The quantitative estimate of drug-likeness (QED) is 0.681. The predicted octanol–water partition coefficient (Wildman–Crippen LogP) is 1.03. The van der Waals surface area contributed by atoms with Gasteiger partial charge in [-0.2, -0.15) is 5.10 Å². The molecule has 1 aromatic rings. The normalized spacial score (nSPS) is 10.9. The Kier molecular flexibility index (Phi) is 2.65. The minimum atomic E-state index is 0.498. The van der Waals surface area contributed by atoms with Crippen molar-refractivity contribution in [1.29, 1.82) is 0 Å². The summed E-state index contributed by atoms with van der Waals surface area (Å²) in [5.74, 6) is 0.498. The molecular formula is C8H15N3. The summed E-state index contributed by atoms with van der Waals surface area (Å²) < 4.78 is 0. The number of hydrogen-bond donors (Lipinski definition) is 2. The number of rotatable bonds is 3. The van der Waals surface area contributed by atoms with Crippen LogP contribution in [-0.4, -0.2) is 16.7 Å². The number of nitrogens with one attached hydrogen (secondary N) is 1. The molecule has 62 valence electrons. The number of nitrogens with two attached hydrogens (primary N) is 1. The summed E-state index contributed by atoms with van der Waals surface area (Å²) in [6, 6.07) is 2.08. The number of H-pyrrole nitrogens is 1. The van der Waals surface area contributed by atoms with E-state index < -0.39 is 0 Å². The summed E-state index contributed by atoms with van der Waals surface area (Å²) in [7, 11) is 0. The summed E-state index contributed by atoms with van der Waals surface area (Å²) in [6.45, 7) is 4.94. The van der Waals surface area contributed by atoms with Crippen LogP contribution in [0.15, 0.2) is 6.07 Å². The summed E-state index contributed by atoms with van der Waals surface area (Å²) >= 11 is 0. The first-order valence-electron chi connectivity index (χ1n) is 3.98. The van der Waals surface area contributed by atoms with Gasteiger partial charge in [0.1, 0.15) is 0 Å². The SMILES string of the molecule is CC(C)c1cc(CCN)[nH]n1. The Bertz CT molecular complexity index is 215. The van der Waals surface area contributed by atoms with Crippen LogP contribution >= 0.6 is 0 Å². The van der Waals surface area contributed by atoms with Crippen molar-refractivity contribution in [3.63, 3.8) is 0 Å². The molecular weight excluding hydrogens is 138 g/mol. The third-order valence-corrected chi connectivity index (χ3v) is 1.66. The van der Waals surface area contributed by atoms with E-state index in [4.69, 9.17) is 5.73 Å². The number of nitrogens with zero attached hydrogens (tertiary/aromatic N) is 1. The zero-order valence-electron chi connectivity index (χ0n) is 7.09. The van der Waals surface area contributed by atoms with Gasteiger partial charge in [0.25, 0.3) is 0 Å². The molecule has 1 aromatic heterocycles. The molecule has 1 rings (SSSR count). The Hall–Kier alpha value is -0.830. The van der Waals surface area contributed by atoms with E-state index in [2.05, 4.69) is 30.1 Å². The smallest absolute Gasteiger partial charge is 0.0650 e. The van der Waals surface area contributed by atoms with Gasteiger partial charge in [-0.25, -0.2) is 0 Å². The van der Waals surface area contributed by atoms with Gasteiger partial charge in [0.15, 0.2) is 0 Å². The van der Waals surface area contributed by atoms with E-state index in [9.17, 15) is 0 Å². The van der Waals surface area contributed by atoms with Crippen molar-refractivity contribution in [3.8, 4) is 0 Å². The van der Waals surface area contributed by atoms with Gasteiger partial charge in [0.05, 0.1) is 5.69 Å². The fourth-order valence-corrected chi connectivity index (χ4v) is 0.959. The molecule has 0 fully saturated rings. The molecule has 0 aliphatic carbocycles. The van der Waals surface area contributed by atoms with Gasteiger partial charge < -0.3 is 5.73 Å². The second kappa shape index (κ2) is 3.53. The van der Waals surface area contributed by atoms with Crippen molar-refractivity contribution in [2.75, 3.05) is 6.54 Å². The molecule has 11 heavy (non-hydrogen) atoms. The van der Waals surface area contributed by atoms with Crippen LogP contribution in [0.5, 0.6) is 0 Å². The molecule has 0 amide bonds. The molecule has 3 N–H and O–H groups in total. The molecule has 0 atom stereocenters. The standard InChI is InChI=1S/C8H15N3/c1-6(2)8-5-7(3-4-9)10-11-8/h5-6H,3-4,9H2,1-2H3,(H,10,11). The van der Waals surface area contributed by atoms with Crippen molar-refractivity contribution < 1.29 is 0 Å². The van der Waals surface area contributed by atoms with Crippen LogP contribution in [0, 0.1) is 0 Å². The Morgan fingerprint density at radius 3 is 2.82 bits per heavy atom. The van der Waals surface area contributed by atoms with Crippen LogP contribution < -0.4 is 5.73 Å². The van der Waals surface area contributed by atoms with E-state index in [1.807, 2.05) is 0 Å². The number of aromatic nitrogens is 2. The Morgan fingerprint density at radius 1 is 1.64 bits per heavy atom. The van der Waals surface area contributed by atoms with Crippen molar-refractivity contribution >= 4 is 0 Å². The van der Waals surface area contributed by atoms with Crippen LogP contribution in [0.2, 0.25) is 0 Å². The first-order valence-corrected chi connectivity index (χ1v) is 3.98. The molecule has 1 heterocycles. The van der Waals surface area contributed by atoms with Crippen LogP contribution in [0.1, 0.15) is 31.2 Å². The monoisotopic (exact) mass is 153 g/mol. The maximum atomic E-state index is 5.40. The average Bonchev–Trinajstić information content (AvgIpc) is 2.37. The van der Waals surface area contributed by atoms with Gasteiger partial charge in [-0.3, -0.25) is 5.10 Å². The fourth-order valence-electron chi connectivity index (χ4n) is 0.959. The third-order valence-electron chi connectivity index (χ3n) is 1.66. The second-order valence-electron chi connectivity index (χ2n) is 3.01. The van der Waals surface area contributed by atoms with Gasteiger partial charge in [0, 0.05) is 12.1 Å². The Labute approximate surface area is 67.0 Å². The molecule has 0 saturated carbocycles. The highest BCUT2D eigenvalue weighted by Crippen LogP contribution is 2.11. The fraction of sp³-hybridized carbons (Fsp3) is 0.625. The van der Waals surface area contributed by atoms with E-state index >= 15 is 0 Å². The van der Waals surface area contributed by atoms with E-state index in [1.54, 1.807) is 0 Å². The van der Waals surface area contributed by atoms with Gasteiger partial charge in [-0.05, 0) is 18.5 Å². The number of aromatic amines is 1. The van der Waals surface area contributed by atoms with Crippen molar-refractivity contribution in [1.82, 2.24) is 10.2 Å². The van der Waals surface area contributed by atoms with Crippen LogP contribution in [-0.2, 0) is 6.42 Å². The lowest BCUT2D eigenvalue weighted by Crippen LogP contribution is -2.02. The molecule has 0 aliphatic heterocycles. The summed E-state index contributed by atoms with van der Waals surface area (Å²) in [6.07, 6.45) is 0.889. The van der Waals surface area contributed by atoms with Crippen LogP contribution in [0.25, 0.3) is 0 Å². The summed E-state index contributed by atoms with van der Waals surface area (Å²) in [5.41, 5.74) is 7.65. The Morgan fingerprint density at radius 2 is 2.36 bits per heavy atom. The maximum absolute atomic E-state index is 5.40. The molecule has 0 saturated heterocycles. The van der Waals surface area contributed by atoms with Crippen molar-refractivity contribution in [2.24, 2.45) is 5.73 Å². The highest BCUT2D eigenvalue weighted by Gasteiger charge is 2.03. The van der Waals surface area contributed by atoms with Crippen LogP contribution in [0.3, 0.4) is 0 Å². The van der Waals surface area contributed by atoms with Gasteiger partial charge in [-0.1, -0.05) is 13.8 Å². The molecule has 0 aromatic carbocycles. The van der Waals surface area contributed by atoms with E-state index in [-0.39, 0.29) is 0 Å². The third kappa shape index (κ3) is 2.05. The molecule has 3 heteroatoms. The highest BCUT2D eigenvalue weighted by molar-refractivity contribution is 5.11. The lowest BCUT2D eigenvalue weighted by Gasteiger charge is -1.94. The molecule has 0 spiro atoms. The van der Waals surface area contributed by atoms with Crippen LogP contribution in [0.4, 0.5) is 0 Å². The first-order chi connectivity index (χ1) is 5.24. The summed E-state index contributed by atoms with van der Waals surface area (Å²) in [4.78, 5) is 0. The molecule has 0 unspecified atom stereocenters. The lowest BCUT2D eigenvalue weighted by atomic mass is 10.1. The highest BCUT2D eigenvalue weighted by atomic mass is 15.1. The minimum Gasteiger partial charge on any atom is -0.330 e. The van der Waals surface area contributed by atoms with Gasteiger partial charge >= 0.3 is 0 Å². The lowest BCUT2D eigenvalue weighted by molar-refractivity contribution is 0.807. The first kappa shape index (κ1) is 8.27. The maximum Gasteiger partial charge on any atom is 0.0650 e. The molecule has 0 aliphatic rings. The second-order valence-corrected chi connectivity index (χ2v) is 3.01. The molecule has 0 radical (unpaired) electrons. The van der Waals surface area contributed by atoms with E-state index in [1.165, 1.54) is 0 Å². The largest absolute Gasteiger partial charge is 0.330 e. The predicted molar refractivity (Wildman–Crippen MR) is 45.4 cm³/mol. The van der Waals surface area contributed by atoms with Crippen molar-refractivity contribution in [3.05, 3.63) is 17.5 Å². The zero-order chi connectivity index (χ0) is 8.27. The van der Waals surface area contributed by atoms with E-state index in [0.717, 1.165) is 17.8 Å². The Balaban J connectivity index is 2.66. The van der Waals surface area contributed by atoms with E-state index in [0.29, 0.717) is 12.5 Å². The summed E-state index contributed by atoms with van der Waals surface area (Å²) in [5, 5.41) is 7.11. The molecule has 3 nitrogen and oxygen atoms in total.